The zero-order chi connectivity index (χ0) is 9.68. The van der Waals surface area contributed by atoms with Crippen molar-refractivity contribution in [2.24, 2.45) is 0 Å². The van der Waals surface area contributed by atoms with Gasteiger partial charge in [-0.2, -0.15) is 5.26 Å². The van der Waals surface area contributed by atoms with Gasteiger partial charge in [0.05, 0.1) is 18.5 Å². The van der Waals surface area contributed by atoms with Crippen molar-refractivity contribution in [1.82, 2.24) is 9.97 Å². The van der Waals surface area contributed by atoms with E-state index in [-0.39, 0.29) is 5.69 Å². The molecule has 0 aromatic carbocycles. The number of rotatable bonds is 3. The van der Waals surface area contributed by atoms with Crippen molar-refractivity contribution in [3.63, 3.8) is 0 Å². The monoisotopic (exact) mass is 178 g/mol. The van der Waals surface area contributed by atoms with Crippen molar-refractivity contribution in [1.29, 1.82) is 5.26 Å². The first-order chi connectivity index (χ1) is 6.22. The summed E-state index contributed by atoms with van der Waals surface area (Å²) in [6.07, 6.45) is 2.41. The first-order valence-corrected chi connectivity index (χ1v) is 3.86. The molecule has 0 amide bonds. The minimum atomic E-state index is -0.433. The highest BCUT2D eigenvalue weighted by molar-refractivity contribution is 5.33. The number of aromatic nitrogens is 2. The Morgan fingerprint density at radius 3 is 2.85 bits per heavy atom. The van der Waals surface area contributed by atoms with Crippen LogP contribution >= 0.6 is 0 Å². The molecule has 0 saturated carbocycles. The van der Waals surface area contributed by atoms with Gasteiger partial charge >= 0.3 is 0 Å². The summed E-state index contributed by atoms with van der Waals surface area (Å²) in [5.74, 6) is 0.555. The second-order valence-corrected chi connectivity index (χ2v) is 2.63. The maximum atomic E-state index is 8.95. The van der Waals surface area contributed by atoms with Crippen molar-refractivity contribution < 1.29 is 5.11 Å². The third-order valence-corrected chi connectivity index (χ3v) is 1.34. The van der Waals surface area contributed by atoms with E-state index in [9.17, 15) is 0 Å². The normalized spacial score (nSPS) is 11.8. The minimum Gasteiger partial charge on any atom is -0.392 e. The van der Waals surface area contributed by atoms with Crippen LogP contribution < -0.4 is 5.32 Å². The molecule has 0 radical (unpaired) electrons. The van der Waals surface area contributed by atoms with E-state index in [2.05, 4.69) is 15.3 Å². The van der Waals surface area contributed by atoms with Crippen LogP contribution in [0.3, 0.4) is 0 Å². The van der Waals surface area contributed by atoms with Gasteiger partial charge in [-0.3, -0.25) is 0 Å². The lowest BCUT2D eigenvalue weighted by molar-refractivity contribution is 0.208. The van der Waals surface area contributed by atoms with E-state index >= 15 is 0 Å². The average molecular weight is 178 g/mol. The molecule has 5 nitrogen and oxygen atoms in total. The Bertz CT molecular complexity index is 301. The second kappa shape index (κ2) is 4.38. The number of nitrogens with zero attached hydrogens (tertiary/aromatic N) is 3. The van der Waals surface area contributed by atoms with Crippen molar-refractivity contribution in [3.8, 4) is 6.07 Å². The smallest absolute Gasteiger partial charge is 0.158 e. The number of aliphatic hydroxyl groups is 1. The van der Waals surface area contributed by atoms with Crippen LogP contribution in [0.25, 0.3) is 0 Å². The van der Waals surface area contributed by atoms with Crippen LogP contribution in [0.4, 0.5) is 5.82 Å². The molecule has 13 heavy (non-hydrogen) atoms. The van der Waals surface area contributed by atoms with Crippen molar-refractivity contribution in [2.45, 2.75) is 13.0 Å². The topological polar surface area (TPSA) is 81.8 Å². The maximum absolute atomic E-state index is 8.95. The van der Waals surface area contributed by atoms with E-state index in [1.165, 1.54) is 12.4 Å². The number of nitriles is 1. The van der Waals surface area contributed by atoms with Gasteiger partial charge in [0.15, 0.2) is 5.69 Å². The van der Waals surface area contributed by atoms with E-state index in [4.69, 9.17) is 10.4 Å². The molecule has 68 valence electrons. The highest BCUT2D eigenvalue weighted by Crippen LogP contribution is 1.99. The SMILES string of the molecule is C[C@@H](O)CNc1cnc(C#N)cn1. The summed E-state index contributed by atoms with van der Waals surface area (Å²) in [5, 5.41) is 20.2. The number of hydrogen-bond acceptors (Lipinski definition) is 5. The average Bonchev–Trinajstić information content (AvgIpc) is 2.15. The molecule has 0 bridgehead atoms. The van der Waals surface area contributed by atoms with Gasteiger partial charge in [-0.05, 0) is 6.92 Å². The molecule has 0 aliphatic carbocycles. The Morgan fingerprint density at radius 1 is 1.62 bits per heavy atom. The molecular formula is C8H10N4O. The molecular weight excluding hydrogens is 168 g/mol. The Kier molecular flexibility index (Phi) is 3.17. The molecule has 1 aromatic rings. The molecule has 2 N–H and O–H groups in total. The Hall–Kier alpha value is -1.67. The molecule has 0 spiro atoms. The van der Waals surface area contributed by atoms with Crippen molar-refractivity contribution in [3.05, 3.63) is 18.1 Å². The standard InChI is InChI=1S/C8H10N4O/c1-6(13)3-11-8-5-10-7(2-9)4-12-8/h4-6,13H,3H2,1H3,(H,11,12)/t6-/m1/s1. The summed E-state index contributed by atoms with van der Waals surface area (Å²) >= 11 is 0. The van der Waals surface area contributed by atoms with Crippen LogP contribution in [0, 0.1) is 11.3 Å². The number of anilines is 1. The maximum Gasteiger partial charge on any atom is 0.158 e. The van der Waals surface area contributed by atoms with Gasteiger partial charge in [-0.1, -0.05) is 0 Å². The molecule has 1 rings (SSSR count). The number of hydrogen-bond donors (Lipinski definition) is 2. The van der Waals surface area contributed by atoms with Crippen LogP contribution in [0.2, 0.25) is 0 Å². The van der Waals surface area contributed by atoms with E-state index in [1.807, 2.05) is 6.07 Å². The summed E-state index contributed by atoms with van der Waals surface area (Å²) in [5.41, 5.74) is 0.280. The molecule has 0 unspecified atom stereocenters. The Morgan fingerprint density at radius 2 is 2.38 bits per heavy atom. The molecule has 1 heterocycles. The summed E-state index contributed by atoms with van der Waals surface area (Å²) in [6, 6.07) is 1.87. The van der Waals surface area contributed by atoms with Gasteiger partial charge in [0.1, 0.15) is 11.9 Å². The van der Waals surface area contributed by atoms with E-state index in [1.54, 1.807) is 6.92 Å². The first-order valence-electron chi connectivity index (χ1n) is 3.86. The zero-order valence-electron chi connectivity index (χ0n) is 7.23. The van der Waals surface area contributed by atoms with Crippen LogP contribution in [0.5, 0.6) is 0 Å². The highest BCUT2D eigenvalue weighted by atomic mass is 16.3. The molecule has 0 aliphatic rings. The van der Waals surface area contributed by atoms with Gasteiger partial charge in [-0.15, -0.1) is 0 Å². The molecule has 0 fully saturated rings. The molecule has 1 atom stereocenters. The number of aliphatic hydroxyl groups excluding tert-OH is 1. The first kappa shape index (κ1) is 9.42. The fraction of sp³-hybridized carbons (Fsp3) is 0.375. The van der Waals surface area contributed by atoms with Gasteiger partial charge in [0, 0.05) is 6.54 Å². The quantitative estimate of drug-likeness (QED) is 0.688. The van der Waals surface area contributed by atoms with Crippen molar-refractivity contribution >= 4 is 5.82 Å². The Balaban J connectivity index is 2.55. The third kappa shape index (κ3) is 3.05. The largest absolute Gasteiger partial charge is 0.392 e. The Labute approximate surface area is 76.1 Å². The predicted octanol–water partition coefficient (Wildman–Crippen LogP) is 0.141. The number of nitrogens with one attached hydrogen (secondary N) is 1. The lowest BCUT2D eigenvalue weighted by Gasteiger charge is -2.05. The van der Waals surface area contributed by atoms with Gasteiger partial charge in [0.2, 0.25) is 0 Å². The summed E-state index contributed by atoms with van der Waals surface area (Å²) in [7, 11) is 0. The van der Waals surface area contributed by atoms with Crippen molar-refractivity contribution in [2.75, 3.05) is 11.9 Å². The molecule has 5 heteroatoms. The van der Waals surface area contributed by atoms with Crippen LogP contribution in [0.15, 0.2) is 12.4 Å². The minimum absolute atomic E-state index is 0.280. The van der Waals surface area contributed by atoms with Gasteiger partial charge < -0.3 is 10.4 Å². The van der Waals surface area contributed by atoms with E-state index in [0.29, 0.717) is 12.4 Å². The van der Waals surface area contributed by atoms with E-state index in [0.717, 1.165) is 0 Å². The fourth-order valence-electron chi connectivity index (χ4n) is 0.729. The second-order valence-electron chi connectivity index (χ2n) is 2.63. The molecule has 0 saturated heterocycles. The van der Waals surface area contributed by atoms with E-state index < -0.39 is 6.10 Å². The van der Waals surface area contributed by atoms with Crippen LogP contribution in [-0.2, 0) is 0 Å². The summed E-state index contributed by atoms with van der Waals surface area (Å²) in [4.78, 5) is 7.72. The van der Waals surface area contributed by atoms with Crippen LogP contribution in [0.1, 0.15) is 12.6 Å². The zero-order valence-corrected chi connectivity index (χ0v) is 7.23. The summed E-state index contributed by atoms with van der Waals surface area (Å²) in [6.45, 7) is 2.09. The lowest BCUT2D eigenvalue weighted by Crippen LogP contribution is -2.16. The van der Waals surface area contributed by atoms with Gasteiger partial charge in [0.25, 0.3) is 0 Å². The molecule has 1 aromatic heterocycles. The molecule has 0 aliphatic heterocycles. The lowest BCUT2D eigenvalue weighted by atomic mass is 10.4. The summed E-state index contributed by atoms with van der Waals surface area (Å²) < 4.78 is 0. The van der Waals surface area contributed by atoms with Crippen LogP contribution in [-0.4, -0.2) is 27.7 Å². The van der Waals surface area contributed by atoms with Gasteiger partial charge in [-0.25, -0.2) is 9.97 Å². The third-order valence-electron chi connectivity index (χ3n) is 1.34. The fourth-order valence-corrected chi connectivity index (χ4v) is 0.729. The highest BCUT2D eigenvalue weighted by Gasteiger charge is 1.97. The predicted molar refractivity (Wildman–Crippen MR) is 46.9 cm³/mol.